The Morgan fingerprint density at radius 1 is 1.24 bits per heavy atom. The first-order chi connectivity index (χ1) is 16.0. The van der Waals surface area contributed by atoms with E-state index in [4.69, 9.17) is 14.6 Å². The van der Waals surface area contributed by atoms with Gasteiger partial charge >= 0.3 is 12.1 Å². The lowest BCUT2D eigenvalue weighted by Gasteiger charge is -2.16. The maximum atomic E-state index is 13.1. The van der Waals surface area contributed by atoms with Gasteiger partial charge in [0.25, 0.3) is 0 Å². The molecule has 178 valence electrons. The van der Waals surface area contributed by atoms with Gasteiger partial charge in [-0.3, -0.25) is 4.79 Å². The van der Waals surface area contributed by atoms with Crippen molar-refractivity contribution in [3.05, 3.63) is 74.9 Å². The van der Waals surface area contributed by atoms with Gasteiger partial charge in [-0.1, -0.05) is 18.2 Å². The largest absolute Gasteiger partial charge is 0.491 e. The quantitative estimate of drug-likeness (QED) is 0.381. The summed E-state index contributed by atoms with van der Waals surface area (Å²) in [4.78, 5) is 15.4. The van der Waals surface area contributed by atoms with Crippen LogP contribution in [0.4, 0.5) is 13.2 Å². The highest BCUT2D eigenvalue weighted by atomic mass is 79.9. The van der Waals surface area contributed by atoms with Crippen LogP contribution < -0.4 is 9.47 Å². The number of rotatable bonds is 6. The third-order valence-electron chi connectivity index (χ3n) is 5.71. The molecule has 1 aliphatic heterocycles. The number of halogens is 4. The van der Waals surface area contributed by atoms with E-state index in [-0.39, 0.29) is 25.6 Å². The third-order valence-corrected chi connectivity index (χ3v) is 6.41. The molecule has 4 rings (SSSR count). The van der Waals surface area contributed by atoms with E-state index < -0.39 is 17.7 Å². The summed E-state index contributed by atoms with van der Waals surface area (Å²) < 4.78 is 51.5. The molecular formula is C25H21BrF3NO4. The van der Waals surface area contributed by atoms with Crippen molar-refractivity contribution in [2.75, 3.05) is 6.61 Å². The summed E-state index contributed by atoms with van der Waals surface area (Å²) in [5, 5.41) is 9.06. The molecule has 0 unspecified atom stereocenters. The maximum Gasteiger partial charge on any atom is 0.416 e. The Balaban J connectivity index is 1.54. The average molecular weight is 536 g/mol. The summed E-state index contributed by atoms with van der Waals surface area (Å²) in [5.41, 5.74) is 3.51. The van der Waals surface area contributed by atoms with Gasteiger partial charge < -0.3 is 14.6 Å². The molecule has 9 heteroatoms. The van der Waals surface area contributed by atoms with Gasteiger partial charge in [-0.15, -0.1) is 0 Å². The van der Waals surface area contributed by atoms with Crippen molar-refractivity contribution < 1.29 is 32.5 Å². The molecule has 0 aliphatic carbocycles. The Kier molecular flexibility index (Phi) is 6.58. The van der Waals surface area contributed by atoms with Gasteiger partial charge in [0.2, 0.25) is 5.88 Å². The topological polar surface area (TPSA) is 68.7 Å². The second-order valence-electron chi connectivity index (χ2n) is 8.24. The molecule has 1 aromatic heterocycles. The molecule has 2 heterocycles. The normalized spacial score (nSPS) is 15.1. The molecule has 2 aromatic carbocycles. The number of carbonyl (C=O) groups is 1. The van der Waals surface area contributed by atoms with Crippen LogP contribution in [0.25, 0.3) is 11.1 Å². The zero-order valence-electron chi connectivity index (χ0n) is 18.4. The Hall–Kier alpha value is -3.07. The number of nitrogens with zero attached hydrogens (tertiary/aromatic N) is 1. The number of hydrogen-bond donors (Lipinski definition) is 1. The molecular weight excluding hydrogens is 515 g/mol. The van der Waals surface area contributed by atoms with E-state index in [0.717, 1.165) is 34.4 Å². The van der Waals surface area contributed by atoms with Crippen molar-refractivity contribution in [2.45, 2.75) is 39.0 Å². The summed E-state index contributed by atoms with van der Waals surface area (Å²) in [6.45, 7) is 3.78. The minimum absolute atomic E-state index is 0.0447. The number of aryl methyl sites for hydroxylation is 2. The van der Waals surface area contributed by atoms with Gasteiger partial charge in [0.1, 0.15) is 16.8 Å². The highest BCUT2D eigenvalue weighted by molar-refractivity contribution is 9.10. The van der Waals surface area contributed by atoms with E-state index in [2.05, 4.69) is 20.9 Å². The number of aliphatic carboxylic acids is 1. The number of carboxylic acids is 1. The van der Waals surface area contributed by atoms with Crippen LogP contribution in [0.3, 0.4) is 0 Å². The zero-order chi connectivity index (χ0) is 24.6. The van der Waals surface area contributed by atoms with Gasteiger partial charge in [-0.2, -0.15) is 13.2 Å². The lowest BCUT2D eigenvalue weighted by Crippen LogP contribution is -2.07. The number of benzene rings is 2. The predicted octanol–water partition coefficient (Wildman–Crippen LogP) is 6.68. The van der Waals surface area contributed by atoms with E-state index >= 15 is 0 Å². The fourth-order valence-corrected chi connectivity index (χ4v) is 4.77. The van der Waals surface area contributed by atoms with E-state index in [9.17, 15) is 18.0 Å². The summed E-state index contributed by atoms with van der Waals surface area (Å²) >= 11 is 3.44. The second-order valence-corrected chi connectivity index (χ2v) is 9.03. The minimum Gasteiger partial charge on any atom is -0.491 e. The number of fused-ring (bicyclic) bond motifs is 1. The molecule has 0 fully saturated rings. The van der Waals surface area contributed by atoms with E-state index in [0.29, 0.717) is 27.2 Å². The fraction of sp³-hybridized carbons (Fsp3) is 0.280. The van der Waals surface area contributed by atoms with Crippen LogP contribution in [0, 0.1) is 13.8 Å². The molecule has 34 heavy (non-hydrogen) atoms. The molecule has 1 aliphatic rings. The lowest BCUT2D eigenvalue weighted by atomic mass is 9.92. The molecule has 5 nitrogen and oxygen atoms in total. The van der Waals surface area contributed by atoms with Crippen LogP contribution in [0.2, 0.25) is 0 Å². The van der Waals surface area contributed by atoms with Crippen LogP contribution >= 0.6 is 15.9 Å². The lowest BCUT2D eigenvalue weighted by molar-refractivity contribution is -0.138. The standard InChI is InChI=1S/C25H21BrF3NO4/c1-13-6-18(25(27,28)29)7-14(2)21(13)16-5-3-4-15(8-16)11-34-24-22(26)23-19(10-30-24)17(12-33-23)9-20(31)32/h3-8,10,17H,9,11-12H2,1-2H3,(H,31,32)/t17-/m1/s1. The molecule has 1 N–H and O–H groups in total. The van der Waals surface area contributed by atoms with Crippen LogP contribution in [-0.4, -0.2) is 22.7 Å². The number of ether oxygens (including phenoxy) is 2. The van der Waals surface area contributed by atoms with E-state index in [1.165, 1.54) is 0 Å². The number of carboxylic acid groups (broad SMARTS) is 1. The molecule has 0 radical (unpaired) electrons. The number of pyridine rings is 1. The first-order valence-corrected chi connectivity index (χ1v) is 11.3. The molecule has 0 saturated heterocycles. The second kappa shape index (κ2) is 9.29. The number of alkyl halides is 3. The summed E-state index contributed by atoms with van der Waals surface area (Å²) in [7, 11) is 0. The molecule has 1 atom stereocenters. The van der Waals surface area contributed by atoms with Crippen LogP contribution in [-0.2, 0) is 17.6 Å². The third kappa shape index (κ3) is 4.89. The van der Waals surface area contributed by atoms with Crippen LogP contribution in [0.5, 0.6) is 11.6 Å². The van der Waals surface area contributed by atoms with Crippen LogP contribution in [0.1, 0.15) is 40.2 Å². The molecule has 0 amide bonds. The highest BCUT2D eigenvalue weighted by Crippen LogP contribution is 2.44. The SMILES string of the molecule is Cc1cc(C(F)(F)F)cc(C)c1-c1cccc(COc2ncc3c(c2Br)OC[C@H]3CC(=O)O)c1. The van der Waals surface area contributed by atoms with Crippen molar-refractivity contribution in [1.82, 2.24) is 4.98 Å². The van der Waals surface area contributed by atoms with Crippen LogP contribution in [0.15, 0.2) is 47.1 Å². The van der Waals surface area contributed by atoms with E-state index in [1.54, 1.807) is 20.0 Å². The van der Waals surface area contributed by atoms with Gasteiger partial charge in [-0.05, 0) is 75.8 Å². The summed E-state index contributed by atoms with van der Waals surface area (Å²) in [6.07, 6.45) is -2.87. The summed E-state index contributed by atoms with van der Waals surface area (Å²) in [6, 6.07) is 9.74. The monoisotopic (exact) mass is 535 g/mol. The first kappa shape index (κ1) is 24.1. The summed E-state index contributed by atoms with van der Waals surface area (Å²) in [5.74, 6) is -0.337. The van der Waals surface area contributed by atoms with Gasteiger partial charge in [0.05, 0.1) is 18.6 Å². The molecule has 0 bridgehead atoms. The Morgan fingerprint density at radius 2 is 1.94 bits per heavy atom. The maximum absolute atomic E-state index is 13.1. The predicted molar refractivity (Wildman–Crippen MR) is 123 cm³/mol. The van der Waals surface area contributed by atoms with Gasteiger partial charge in [-0.25, -0.2) is 4.98 Å². The first-order valence-electron chi connectivity index (χ1n) is 10.5. The molecule has 3 aromatic rings. The Bertz CT molecular complexity index is 1240. The zero-order valence-corrected chi connectivity index (χ0v) is 20.0. The van der Waals surface area contributed by atoms with Gasteiger partial charge in [0.15, 0.2) is 0 Å². The molecule has 0 saturated carbocycles. The molecule has 0 spiro atoms. The fourth-order valence-electron chi connectivity index (χ4n) is 4.21. The Labute approximate surface area is 202 Å². The van der Waals surface area contributed by atoms with Crippen molar-refractivity contribution >= 4 is 21.9 Å². The van der Waals surface area contributed by atoms with Gasteiger partial charge in [0, 0.05) is 17.7 Å². The van der Waals surface area contributed by atoms with Crippen molar-refractivity contribution in [2.24, 2.45) is 0 Å². The Morgan fingerprint density at radius 3 is 2.59 bits per heavy atom. The van der Waals surface area contributed by atoms with Crippen molar-refractivity contribution in [3.8, 4) is 22.8 Å². The average Bonchev–Trinajstić information content (AvgIpc) is 3.15. The number of hydrogen-bond acceptors (Lipinski definition) is 4. The number of aromatic nitrogens is 1. The van der Waals surface area contributed by atoms with Crippen molar-refractivity contribution in [3.63, 3.8) is 0 Å². The minimum atomic E-state index is -4.39. The van der Waals surface area contributed by atoms with Crippen molar-refractivity contribution in [1.29, 1.82) is 0 Å². The van der Waals surface area contributed by atoms with E-state index in [1.807, 2.05) is 24.3 Å². The highest BCUT2D eigenvalue weighted by Gasteiger charge is 2.32. The smallest absolute Gasteiger partial charge is 0.416 e.